The van der Waals surface area contributed by atoms with Gasteiger partial charge in [0, 0.05) is 36.6 Å². The molecular weight excluding hydrogens is 264 g/mol. The number of ether oxygens (including phenoxy) is 1. The van der Waals surface area contributed by atoms with Crippen molar-refractivity contribution in [2.24, 2.45) is 10.3 Å². The predicted molar refractivity (Wildman–Crippen MR) is 81.5 cm³/mol. The second kappa shape index (κ2) is 6.35. The summed E-state index contributed by atoms with van der Waals surface area (Å²) in [6.07, 6.45) is 5.97. The van der Waals surface area contributed by atoms with Gasteiger partial charge < -0.3 is 4.74 Å². The van der Waals surface area contributed by atoms with Crippen molar-refractivity contribution in [3.05, 3.63) is 42.7 Å². The number of methoxy groups -OCH3 is 1. The van der Waals surface area contributed by atoms with Gasteiger partial charge in [-0.15, -0.1) is 5.11 Å². The minimum Gasteiger partial charge on any atom is -0.497 e. The van der Waals surface area contributed by atoms with Crippen molar-refractivity contribution in [1.82, 2.24) is 9.99 Å². The monoisotopic (exact) mass is 282 g/mol. The number of rotatable bonds is 4. The molecule has 2 heterocycles. The third kappa shape index (κ3) is 3.18. The molecule has 5 heteroatoms. The van der Waals surface area contributed by atoms with Crippen LogP contribution in [-0.2, 0) is 0 Å². The van der Waals surface area contributed by atoms with Gasteiger partial charge in [0.05, 0.1) is 12.8 Å². The van der Waals surface area contributed by atoms with Crippen LogP contribution in [0.1, 0.15) is 12.8 Å². The number of hydrogen-bond acceptors (Lipinski definition) is 4. The van der Waals surface area contributed by atoms with Gasteiger partial charge in [0.2, 0.25) is 0 Å². The summed E-state index contributed by atoms with van der Waals surface area (Å²) in [6.45, 7) is 1.98. The van der Waals surface area contributed by atoms with Gasteiger partial charge in [-0.1, -0.05) is 11.3 Å². The van der Waals surface area contributed by atoms with E-state index in [1.54, 1.807) is 13.3 Å². The average molecular weight is 282 g/mol. The van der Waals surface area contributed by atoms with E-state index in [2.05, 4.69) is 15.3 Å². The maximum atomic E-state index is 5.31. The van der Waals surface area contributed by atoms with E-state index in [1.807, 2.05) is 41.5 Å². The van der Waals surface area contributed by atoms with Crippen molar-refractivity contribution in [1.29, 1.82) is 0 Å². The molecule has 2 aromatic rings. The molecule has 1 aromatic carbocycles. The predicted octanol–water partition coefficient (Wildman–Crippen LogP) is 3.85. The third-order valence-corrected chi connectivity index (χ3v) is 3.54. The Labute approximate surface area is 124 Å². The highest BCUT2D eigenvalue weighted by molar-refractivity contribution is 5.76. The number of pyridine rings is 1. The Balaban J connectivity index is 1.95. The van der Waals surface area contributed by atoms with Crippen LogP contribution in [0.25, 0.3) is 11.1 Å². The first-order chi connectivity index (χ1) is 10.4. The molecule has 3 rings (SSSR count). The highest BCUT2D eigenvalue weighted by atomic mass is 16.5. The van der Waals surface area contributed by atoms with Gasteiger partial charge in [-0.05, 0) is 37.1 Å². The van der Waals surface area contributed by atoms with Crippen molar-refractivity contribution >= 4 is 5.69 Å². The average Bonchev–Trinajstić information content (AvgIpc) is 3.07. The number of nitrogens with zero attached hydrogens (tertiary/aromatic N) is 4. The number of benzene rings is 1. The van der Waals surface area contributed by atoms with E-state index in [-0.39, 0.29) is 0 Å². The lowest BCUT2D eigenvalue weighted by atomic mass is 10.1. The molecule has 0 unspecified atom stereocenters. The molecule has 0 N–H and O–H groups in total. The lowest BCUT2D eigenvalue weighted by Crippen LogP contribution is -2.09. The summed E-state index contributed by atoms with van der Waals surface area (Å²) in [6, 6.07) is 9.72. The van der Waals surface area contributed by atoms with Gasteiger partial charge >= 0.3 is 0 Å². The Morgan fingerprint density at radius 1 is 1.19 bits per heavy atom. The third-order valence-electron chi connectivity index (χ3n) is 3.54. The molecule has 1 aliphatic heterocycles. The van der Waals surface area contributed by atoms with Crippen molar-refractivity contribution < 1.29 is 4.74 Å². The molecule has 0 radical (unpaired) electrons. The van der Waals surface area contributed by atoms with E-state index in [0.29, 0.717) is 0 Å². The molecule has 0 spiro atoms. The van der Waals surface area contributed by atoms with Crippen LogP contribution >= 0.6 is 0 Å². The summed E-state index contributed by atoms with van der Waals surface area (Å²) in [5.74, 6) is 0.800. The Kier molecular flexibility index (Phi) is 4.09. The summed E-state index contributed by atoms with van der Waals surface area (Å²) in [4.78, 5) is 4.17. The van der Waals surface area contributed by atoms with E-state index in [1.165, 1.54) is 12.8 Å². The summed E-state index contributed by atoms with van der Waals surface area (Å²) < 4.78 is 5.31. The molecule has 1 aliphatic rings. The fourth-order valence-corrected chi connectivity index (χ4v) is 2.38. The van der Waals surface area contributed by atoms with Crippen LogP contribution in [0.3, 0.4) is 0 Å². The van der Waals surface area contributed by atoms with E-state index in [4.69, 9.17) is 4.74 Å². The zero-order chi connectivity index (χ0) is 14.5. The Hall–Kier alpha value is -2.43. The highest BCUT2D eigenvalue weighted by Crippen LogP contribution is 2.33. The number of aromatic nitrogens is 1. The SMILES string of the molecule is COc1ccc(N=NN2CCCC2)c(-c2cccnc2)c1. The molecule has 1 saturated heterocycles. The summed E-state index contributed by atoms with van der Waals surface area (Å²) in [5.41, 5.74) is 2.81. The minimum atomic E-state index is 0.800. The topological polar surface area (TPSA) is 50.1 Å². The summed E-state index contributed by atoms with van der Waals surface area (Å²) in [5, 5.41) is 10.8. The standard InChI is InChI=1S/C16H18N4O/c1-21-14-6-7-16(18-19-20-9-2-3-10-20)15(11-14)13-5-4-8-17-12-13/h4-8,11-12H,2-3,9-10H2,1H3. The molecule has 0 atom stereocenters. The van der Waals surface area contributed by atoms with Gasteiger partial charge in [0.15, 0.2) is 0 Å². The fraction of sp³-hybridized carbons (Fsp3) is 0.312. The lowest BCUT2D eigenvalue weighted by Gasteiger charge is -2.10. The van der Waals surface area contributed by atoms with Crippen molar-refractivity contribution in [3.8, 4) is 16.9 Å². The quantitative estimate of drug-likeness (QED) is 0.800. The van der Waals surface area contributed by atoms with Crippen LogP contribution in [0, 0.1) is 0 Å². The Morgan fingerprint density at radius 3 is 2.76 bits per heavy atom. The maximum absolute atomic E-state index is 5.31. The first-order valence-electron chi connectivity index (χ1n) is 7.12. The zero-order valence-electron chi connectivity index (χ0n) is 12.1. The molecule has 0 aliphatic carbocycles. The van der Waals surface area contributed by atoms with Crippen LogP contribution in [0.15, 0.2) is 53.1 Å². The van der Waals surface area contributed by atoms with Gasteiger partial charge in [-0.25, -0.2) is 0 Å². The van der Waals surface area contributed by atoms with Crippen LogP contribution in [-0.4, -0.2) is 30.2 Å². The summed E-state index contributed by atoms with van der Waals surface area (Å²) in [7, 11) is 1.66. The first-order valence-corrected chi connectivity index (χ1v) is 7.12. The van der Waals surface area contributed by atoms with E-state index in [0.717, 1.165) is 35.7 Å². The molecule has 0 amide bonds. The lowest BCUT2D eigenvalue weighted by molar-refractivity contribution is 0.336. The van der Waals surface area contributed by atoms with Crippen molar-refractivity contribution in [2.45, 2.75) is 12.8 Å². The Morgan fingerprint density at radius 2 is 2.05 bits per heavy atom. The van der Waals surface area contributed by atoms with Gasteiger partial charge in [-0.3, -0.25) is 9.99 Å². The van der Waals surface area contributed by atoms with Gasteiger partial charge in [0.25, 0.3) is 0 Å². The normalized spacial score (nSPS) is 14.8. The van der Waals surface area contributed by atoms with E-state index in [9.17, 15) is 0 Å². The van der Waals surface area contributed by atoms with Gasteiger partial charge in [0.1, 0.15) is 5.75 Å². The molecule has 1 fully saturated rings. The van der Waals surface area contributed by atoms with E-state index < -0.39 is 0 Å². The fourth-order valence-electron chi connectivity index (χ4n) is 2.38. The van der Waals surface area contributed by atoms with Crippen LogP contribution in [0.5, 0.6) is 5.75 Å². The summed E-state index contributed by atoms with van der Waals surface area (Å²) >= 11 is 0. The molecule has 5 nitrogen and oxygen atoms in total. The molecule has 108 valence electrons. The molecule has 0 saturated carbocycles. The van der Waals surface area contributed by atoms with Crippen molar-refractivity contribution in [3.63, 3.8) is 0 Å². The Bertz CT molecular complexity index is 621. The van der Waals surface area contributed by atoms with Crippen LogP contribution in [0.4, 0.5) is 5.69 Å². The number of hydrogen-bond donors (Lipinski definition) is 0. The van der Waals surface area contributed by atoms with Crippen LogP contribution in [0.2, 0.25) is 0 Å². The second-order valence-electron chi connectivity index (χ2n) is 4.97. The molecular formula is C16H18N4O. The van der Waals surface area contributed by atoms with E-state index >= 15 is 0 Å². The largest absolute Gasteiger partial charge is 0.497 e. The second-order valence-corrected chi connectivity index (χ2v) is 4.97. The molecule has 0 bridgehead atoms. The van der Waals surface area contributed by atoms with Crippen LogP contribution < -0.4 is 4.74 Å². The minimum absolute atomic E-state index is 0.800. The molecule has 1 aromatic heterocycles. The molecule has 21 heavy (non-hydrogen) atoms. The smallest absolute Gasteiger partial charge is 0.119 e. The highest BCUT2D eigenvalue weighted by Gasteiger charge is 2.10. The van der Waals surface area contributed by atoms with Gasteiger partial charge in [-0.2, -0.15) is 0 Å². The van der Waals surface area contributed by atoms with Crippen molar-refractivity contribution in [2.75, 3.05) is 20.2 Å². The zero-order valence-corrected chi connectivity index (χ0v) is 12.1. The maximum Gasteiger partial charge on any atom is 0.119 e. The first kappa shape index (κ1) is 13.5.